The number of carbonyl (C=O) groups excluding carboxylic acids is 2. The van der Waals surface area contributed by atoms with Crippen molar-refractivity contribution in [3.63, 3.8) is 0 Å². The van der Waals surface area contributed by atoms with Gasteiger partial charge in [0.25, 0.3) is 0 Å². The lowest BCUT2D eigenvalue weighted by atomic mass is 10.1. The summed E-state index contributed by atoms with van der Waals surface area (Å²) >= 11 is 1.41. The number of amides is 1. The van der Waals surface area contributed by atoms with Crippen molar-refractivity contribution < 1.29 is 9.59 Å². The molecule has 1 aromatic carbocycles. The summed E-state index contributed by atoms with van der Waals surface area (Å²) in [5.74, 6) is 0.382. The van der Waals surface area contributed by atoms with Gasteiger partial charge in [-0.3, -0.25) is 9.59 Å². The predicted octanol–water partition coefficient (Wildman–Crippen LogP) is 3.80. The van der Waals surface area contributed by atoms with E-state index >= 15 is 0 Å². The lowest BCUT2D eigenvalue weighted by Crippen LogP contribution is -2.10. The van der Waals surface area contributed by atoms with E-state index in [2.05, 4.69) is 10.3 Å². The number of nitrogens with zero attached hydrogens (tertiary/aromatic N) is 1. The van der Waals surface area contributed by atoms with Crippen molar-refractivity contribution in [2.75, 3.05) is 11.1 Å². The average molecular weight is 314 g/mol. The van der Waals surface area contributed by atoms with E-state index in [4.69, 9.17) is 0 Å². The van der Waals surface area contributed by atoms with E-state index in [0.29, 0.717) is 23.4 Å². The second kappa shape index (κ2) is 8.34. The van der Waals surface area contributed by atoms with E-state index < -0.39 is 0 Å². The molecule has 2 rings (SSSR count). The number of Topliss-reactive ketones (excluding diaryl/α,β-unsaturated/α-hetero) is 1. The van der Waals surface area contributed by atoms with Gasteiger partial charge in [0, 0.05) is 23.9 Å². The molecule has 0 aliphatic rings. The minimum absolute atomic E-state index is 0.00714. The summed E-state index contributed by atoms with van der Waals surface area (Å²) in [5, 5.41) is 3.63. The fourth-order valence-corrected chi connectivity index (χ4v) is 2.60. The fourth-order valence-electron chi connectivity index (χ4n) is 1.85. The Balaban J connectivity index is 1.89. The van der Waals surface area contributed by atoms with E-state index in [-0.39, 0.29) is 11.7 Å². The summed E-state index contributed by atoms with van der Waals surface area (Å²) in [5.41, 5.74) is 1.35. The van der Waals surface area contributed by atoms with Gasteiger partial charge in [-0.15, -0.1) is 0 Å². The molecule has 0 saturated heterocycles. The molecular weight excluding hydrogens is 296 g/mol. The van der Waals surface area contributed by atoms with Crippen LogP contribution in [0.15, 0.2) is 53.7 Å². The van der Waals surface area contributed by atoms with Gasteiger partial charge in [0.05, 0.1) is 10.8 Å². The number of hydrogen-bond donors (Lipinski definition) is 1. The third-order valence-corrected chi connectivity index (χ3v) is 3.90. The van der Waals surface area contributed by atoms with Crippen molar-refractivity contribution in [2.45, 2.75) is 24.8 Å². The summed E-state index contributed by atoms with van der Waals surface area (Å²) < 4.78 is 0. The lowest BCUT2D eigenvalue weighted by Gasteiger charge is -2.05. The van der Waals surface area contributed by atoms with Crippen molar-refractivity contribution in [1.82, 2.24) is 4.98 Å². The maximum absolute atomic E-state index is 12.1. The number of nitrogens with one attached hydrogen (secondary N) is 1. The van der Waals surface area contributed by atoms with Crippen LogP contribution in [-0.2, 0) is 4.79 Å². The number of aromatic nitrogens is 1. The Morgan fingerprint density at radius 2 is 1.91 bits per heavy atom. The van der Waals surface area contributed by atoms with Crippen LogP contribution >= 0.6 is 11.8 Å². The summed E-state index contributed by atoms with van der Waals surface area (Å²) in [6.45, 7) is 1.96. The molecule has 0 radical (unpaired) electrons. The Morgan fingerprint density at radius 1 is 1.14 bits per heavy atom. The Labute approximate surface area is 134 Å². The molecule has 0 aliphatic carbocycles. The molecule has 5 heteroatoms. The van der Waals surface area contributed by atoms with Crippen LogP contribution in [-0.4, -0.2) is 22.4 Å². The van der Waals surface area contributed by atoms with Gasteiger partial charge in [0.1, 0.15) is 0 Å². The first-order valence-electron chi connectivity index (χ1n) is 7.16. The Bertz CT molecular complexity index is 627. The predicted molar refractivity (Wildman–Crippen MR) is 89.3 cm³/mol. The molecule has 0 unspecified atom stereocenters. The van der Waals surface area contributed by atoms with Crippen molar-refractivity contribution in [3.8, 4) is 0 Å². The van der Waals surface area contributed by atoms with Gasteiger partial charge in [-0.1, -0.05) is 24.8 Å². The molecule has 0 atom stereocenters. The summed E-state index contributed by atoms with van der Waals surface area (Å²) in [7, 11) is 0. The molecule has 0 aliphatic heterocycles. The number of hydrogen-bond acceptors (Lipinski definition) is 4. The van der Waals surface area contributed by atoms with Crippen molar-refractivity contribution in [3.05, 3.63) is 54.2 Å². The van der Waals surface area contributed by atoms with Crippen LogP contribution in [0.2, 0.25) is 0 Å². The Hall–Kier alpha value is -2.14. The minimum Gasteiger partial charge on any atom is -0.326 e. The summed E-state index contributed by atoms with van der Waals surface area (Å²) in [6, 6.07) is 12.6. The number of pyridine rings is 1. The number of anilines is 1. The number of rotatable bonds is 7. The van der Waals surface area contributed by atoms with E-state index in [1.165, 1.54) is 11.8 Å². The average Bonchev–Trinajstić information content (AvgIpc) is 2.54. The number of thioether (sulfide) groups is 1. The summed E-state index contributed by atoms with van der Waals surface area (Å²) in [4.78, 5) is 27.8. The molecular formula is C17H18N2O2S. The lowest BCUT2D eigenvalue weighted by molar-refractivity contribution is -0.116. The van der Waals surface area contributed by atoms with E-state index in [1.54, 1.807) is 30.5 Å². The highest BCUT2D eigenvalue weighted by molar-refractivity contribution is 7.99. The topological polar surface area (TPSA) is 59.1 Å². The monoisotopic (exact) mass is 314 g/mol. The molecule has 1 aromatic heterocycles. The molecule has 0 spiro atoms. The first-order chi connectivity index (χ1) is 10.7. The van der Waals surface area contributed by atoms with Crippen molar-refractivity contribution in [2.24, 2.45) is 0 Å². The minimum atomic E-state index is -0.00714. The fraction of sp³-hybridized carbons (Fsp3) is 0.235. The zero-order chi connectivity index (χ0) is 15.8. The summed E-state index contributed by atoms with van der Waals surface area (Å²) in [6.07, 6.45) is 3.02. The highest BCUT2D eigenvalue weighted by Gasteiger charge is 2.08. The zero-order valence-corrected chi connectivity index (χ0v) is 13.2. The number of carbonyl (C=O) groups is 2. The molecule has 4 nitrogen and oxygen atoms in total. The van der Waals surface area contributed by atoms with Gasteiger partial charge in [-0.25, -0.2) is 4.98 Å². The zero-order valence-electron chi connectivity index (χ0n) is 12.4. The first kappa shape index (κ1) is 16.2. The van der Waals surface area contributed by atoms with Gasteiger partial charge < -0.3 is 5.32 Å². The third-order valence-electron chi connectivity index (χ3n) is 2.96. The van der Waals surface area contributed by atoms with Gasteiger partial charge >= 0.3 is 0 Å². The van der Waals surface area contributed by atoms with Crippen LogP contribution in [0.1, 0.15) is 30.1 Å². The van der Waals surface area contributed by atoms with Crippen LogP contribution in [0.4, 0.5) is 5.69 Å². The van der Waals surface area contributed by atoms with Crippen LogP contribution in [0, 0.1) is 0 Å². The van der Waals surface area contributed by atoms with Crippen LogP contribution < -0.4 is 5.32 Å². The smallest absolute Gasteiger partial charge is 0.224 e. The van der Waals surface area contributed by atoms with Gasteiger partial charge in [0.2, 0.25) is 5.91 Å². The normalized spacial score (nSPS) is 10.2. The molecule has 22 heavy (non-hydrogen) atoms. The molecule has 2 aromatic rings. The largest absolute Gasteiger partial charge is 0.326 e. The highest BCUT2D eigenvalue weighted by Crippen LogP contribution is 2.17. The Morgan fingerprint density at radius 3 is 2.55 bits per heavy atom. The Kier molecular flexibility index (Phi) is 6.15. The van der Waals surface area contributed by atoms with E-state index in [0.717, 1.165) is 11.4 Å². The van der Waals surface area contributed by atoms with Gasteiger partial charge in [0.15, 0.2) is 5.78 Å². The van der Waals surface area contributed by atoms with Gasteiger partial charge in [-0.2, -0.15) is 0 Å². The quantitative estimate of drug-likeness (QED) is 0.624. The maximum atomic E-state index is 12.1. The number of ketones is 1. The molecule has 0 bridgehead atoms. The van der Waals surface area contributed by atoms with Gasteiger partial charge in [-0.05, 0) is 42.8 Å². The second-order valence-electron chi connectivity index (χ2n) is 4.76. The SMILES string of the molecule is CCCC(=O)Nc1ccc(C(=O)CSc2ccccn2)cc1. The van der Waals surface area contributed by atoms with Crippen molar-refractivity contribution in [1.29, 1.82) is 0 Å². The molecule has 114 valence electrons. The number of benzene rings is 1. The second-order valence-corrected chi connectivity index (χ2v) is 5.75. The van der Waals surface area contributed by atoms with Crippen molar-refractivity contribution >= 4 is 29.1 Å². The maximum Gasteiger partial charge on any atom is 0.224 e. The molecule has 1 N–H and O–H groups in total. The van der Waals surface area contributed by atoms with Crippen LogP contribution in [0.5, 0.6) is 0 Å². The first-order valence-corrected chi connectivity index (χ1v) is 8.14. The molecule has 1 amide bonds. The van der Waals surface area contributed by atoms with E-state index in [9.17, 15) is 9.59 Å². The molecule has 0 fully saturated rings. The van der Waals surface area contributed by atoms with Crippen LogP contribution in [0.25, 0.3) is 0 Å². The third kappa shape index (κ3) is 5.00. The highest BCUT2D eigenvalue weighted by atomic mass is 32.2. The molecule has 1 heterocycles. The molecule has 0 saturated carbocycles. The van der Waals surface area contributed by atoms with Crippen LogP contribution in [0.3, 0.4) is 0 Å². The standard InChI is InChI=1S/C17H18N2O2S/c1-2-5-16(21)19-14-9-7-13(8-10-14)15(20)12-22-17-6-3-4-11-18-17/h3-4,6-11H,2,5,12H2,1H3,(H,19,21). The van der Waals surface area contributed by atoms with E-state index in [1.807, 2.05) is 25.1 Å².